The maximum Gasteiger partial charge on any atom is 0.303 e. The van der Waals surface area contributed by atoms with Gasteiger partial charge in [0.1, 0.15) is 0 Å². The number of aliphatic hydroxyl groups excluding tert-OH is 1. The third-order valence-corrected chi connectivity index (χ3v) is 12.2. The topological polar surface area (TPSA) is 65.0 Å². The number of carbonyl (C=O) groups excluding carboxylic acids is 1. The van der Waals surface area contributed by atoms with Crippen LogP contribution in [0.3, 0.4) is 0 Å². The Hall–Kier alpha value is -0.650. The molecule has 2 saturated heterocycles. The molecule has 192 valence electrons. The summed E-state index contributed by atoms with van der Waals surface area (Å²) in [6.45, 7) is 11.8. The van der Waals surface area contributed by atoms with E-state index in [0.29, 0.717) is 35.7 Å². The van der Waals surface area contributed by atoms with E-state index in [-0.39, 0.29) is 35.6 Å². The van der Waals surface area contributed by atoms with E-state index in [1.54, 1.807) is 0 Å². The lowest BCUT2D eigenvalue weighted by molar-refractivity contribution is -0.318. The van der Waals surface area contributed by atoms with E-state index in [9.17, 15) is 9.90 Å². The molecule has 0 bridgehead atoms. The Labute approximate surface area is 205 Å². The van der Waals surface area contributed by atoms with Crippen molar-refractivity contribution in [3.63, 3.8) is 0 Å². The van der Waals surface area contributed by atoms with Crippen LogP contribution in [0.25, 0.3) is 0 Å². The highest BCUT2D eigenvalue weighted by atomic mass is 16.7. The van der Waals surface area contributed by atoms with Gasteiger partial charge in [-0.15, -0.1) is 0 Å². The fourth-order valence-electron chi connectivity index (χ4n) is 10.7. The number of hydrogen-bond acceptors (Lipinski definition) is 5. The molecule has 0 aromatic heterocycles. The molecule has 0 amide bonds. The van der Waals surface area contributed by atoms with E-state index >= 15 is 0 Å². The molecule has 1 spiro atoms. The lowest BCUT2D eigenvalue weighted by Crippen LogP contribution is -2.58. The Balaban J connectivity index is 1.27. The summed E-state index contributed by atoms with van der Waals surface area (Å²) in [4.78, 5) is 12.0. The molecule has 1 N–H and O–H groups in total. The van der Waals surface area contributed by atoms with Crippen molar-refractivity contribution in [1.82, 2.24) is 0 Å². The zero-order chi connectivity index (χ0) is 24.0. The van der Waals surface area contributed by atoms with Gasteiger partial charge in [0, 0.05) is 12.8 Å². The van der Waals surface area contributed by atoms with Gasteiger partial charge in [-0.1, -0.05) is 27.7 Å². The third-order valence-electron chi connectivity index (χ3n) is 12.2. The number of esters is 1. The molecular weight excluding hydrogens is 428 g/mol. The lowest BCUT2D eigenvalue weighted by atomic mass is 9.44. The summed E-state index contributed by atoms with van der Waals surface area (Å²) >= 11 is 0. The van der Waals surface area contributed by atoms with Crippen molar-refractivity contribution in [3.05, 3.63) is 0 Å². The Morgan fingerprint density at radius 1 is 0.971 bits per heavy atom. The molecule has 6 aliphatic rings. The summed E-state index contributed by atoms with van der Waals surface area (Å²) in [6.07, 6.45) is 10.1. The molecule has 0 aromatic rings. The van der Waals surface area contributed by atoms with Crippen molar-refractivity contribution >= 4 is 5.97 Å². The standard InChI is InChI=1S/C29H46O5/c1-16-12-25(33-18(3)30)29(32-15-16)17(2)26-24(34-29)14-23-21-7-6-19-13-20(31)8-10-27(19,4)22(21)9-11-28(23,26)5/h16-17,19-26,31H,6-15H2,1-5H3/t16-,17-,19-,20-,21+,22-,23-,24-,25-,26-,27-,28-,29+/m0/s1. The minimum absolute atomic E-state index is 0.0804. The van der Waals surface area contributed by atoms with Crippen LogP contribution in [0.5, 0.6) is 0 Å². The van der Waals surface area contributed by atoms with Gasteiger partial charge in [-0.3, -0.25) is 4.79 Å². The molecular formula is C29H46O5. The second kappa shape index (κ2) is 7.92. The molecule has 6 fully saturated rings. The molecule has 2 heterocycles. The van der Waals surface area contributed by atoms with Gasteiger partial charge in [0.15, 0.2) is 6.10 Å². The highest BCUT2D eigenvalue weighted by Gasteiger charge is 2.71. The molecule has 34 heavy (non-hydrogen) atoms. The van der Waals surface area contributed by atoms with E-state index in [4.69, 9.17) is 14.2 Å². The molecule has 13 atom stereocenters. The second-order valence-corrected chi connectivity index (χ2v) is 13.8. The predicted molar refractivity (Wildman–Crippen MR) is 129 cm³/mol. The molecule has 4 saturated carbocycles. The van der Waals surface area contributed by atoms with Crippen LogP contribution in [0.2, 0.25) is 0 Å². The van der Waals surface area contributed by atoms with Crippen LogP contribution in [-0.4, -0.2) is 41.8 Å². The molecule has 2 aliphatic heterocycles. The quantitative estimate of drug-likeness (QED) is 0.520. The maximum absolute atomic E-state index is 12.0. The molecule has 0 radical (unpaired) electrons. The van der Waals surface area contributed by atoms with Crippen LogP contribution in [0.4, 0.5) is 0 Å². The summed E-state index contributed by atoms with van der Waals surface area (Å²) in [5, 5.41) is 10.3. The summed E-state index contributed by atoms with van der Waals surface area (Å²) in [5.74, 6) is 3.02. The average Bonchev–Trinajstić information content (AvgIpc) is 3.22. The monoisotopic (exact) mass is 474 g/mol. The van der Waals surface area contributed by atoms with Crippen LogP contribution in [0.15, 0.2) is 0 Å². The Morgan fingerprint density at radius 3 is 2.50 bits per heavy atom. The minimum atomic E-state index is -0.776. The van der Waals surface area contributed by atoms with Crippen LogP contribution >= 0.6 is 0 Å². The van der Waals surface area contributed by atoms with Crippen molar-refractivity contribution in [2.45, 2.75) is 117 Å². The summed E-state index contributed by atoms with van der Waals surface area (Å²) < 4.78 is 19.3. The zero-order valence-corrected chi connectivity index (χ0v) is 21.9. The number of carbonyl (C=O) groups is 1. The van der Waals surface area contributed by atoms with E-state index in [1.165, 1.54) is 39.0 Å². The van der Waals surface area contributed by atoms with Crippen LogP contribution in [0, 0.1) is 52.3 Å². The first kappa shape index (κ1) is 23.7. The van der Waals surface area contributed by atoms with Gasteiger partial charge >= 0.3 is 5.97 Å². The highest BCUT2D eigenvalue weighted by molar-refractivity contribution is 5.66. The van der Waals surface area contributed by atoms with Gasteiger partial charge in [-0.25, -0.2) is 0 Å². The number of rotatable bonds is 1. The lowest BCUT2D eigenvalue weighted by Gasteiger charge is -2.61. The first-order valence-electron chi connectivity index (χ1n) is 14.3. The van der Waals surface area contributed by atoms with E-state index in [2.05, 4.69) is 27.7 Å². The first-order valence-corrected chi connectivity index (χ1v) is 14.3. The van der Waals surface area contributed by atoms with Crippen molar-refractivity contribution in [2.24, 2.45) is 52.3 Å². The van der Waals surface area contributed by atoms with E-state index < -0.39 is 5.79 Å². The molecule has 4 aliphatic carbocycles. The zero-order valence-electron chi connectivity index (χ0n) is 21.9. The van der Waals surface area contributed by atoms with Gasteiger partial charge < -0.3 is 19.3 Å². The maximum atomic E-state index is 12.0. The fraction of sp³-hybridized carbons (Fsp3) is 0.966. The van der Waals surface area contributed by atoms with Crippen molar-refractivity contribution in [1.29, 1.82) is 0 Å². The number of hydrogen-bond donors (Lipinski definition) is 1. The highest BCUT2D eigenvalue weighted by Crippen LogP contribution is 2.71. The minimum Gasteiger partial charge on any atom is -0.457 e. The van der Waals surface area contributed by atoms with Crippen LogP contribution in [0.1, 0.15) is 92.4 Å². The van der Waals surface area contributed by atoms with Crippen molar-refractivity contribution in [2.75, 3.05) is 6.61 Å². The summed E-state index contributed by atoms with van der Waals surface area (Å²) in [6, 6.07) is 0. The summed E-state index contributed by atoms with van der Waals surface area (Å²) in [7, 11) is 0. The van der Waals surface area contributed by atoms with Gasteiger partial charge in [-0.05, 0) is 104 Å². The first-order chi connectivity index (χ1) is 16.1. The van der Waals surface area contributed by atoms with Gasteiger partial charge in [0.2, 0.25) is 5.79 Å². The van der Waals surface area contributed by atoms with Crippen LogP contribution < -0.4 is 0 Å². The molecule has 0 unspecified atom stereocenters. The number of fused-ring (bicyclic) bond motifs is 7. The van der Waals surface area contributed by atoms with Crippen LogP contribution in [-0.2, 0) is 19.0 Å². The largest absolute Gasteiger partial charge is 0.457 e. The third kappa shape index (κ3) is 3.18. The smallest absolute Gasteiger partial charge is 0.303 e. The Bertz CT molecular complexity index is 829. The fourth-order valence-corrected chi connectivity index (χ4v) is 10.7. The molecule has 6 rings (SSSR count). The van der Waals surface area contributed by atoms with E-state index in [1.807, 2.05) is 0 Å². The molecule has 5 nitrogen and oxygen atoms in total. The van der Waals surface area contributed by atoms with Gasteiger partial charge in [0.05, 0.1) is 18.8 Å². The van der Waals surface area contributed by atoms with Crippen molar-refractivity contribution in [3.8, 4) is 0 Å². The SMILES string of the molecule is CC(=O)O[C@H]1C[C@H](C)CO[C@]12O[C@H]1C[C@H]3[C@@H]4CC[C@H]5C[C@@H](O)CC[C@]5(C)[C@H]4CC[C@]3(C)[C@H]1[C@@H]2C. The predicted octanol–water partition coefficient (Wildman–Crippen LogP) is 5.34. The van der Waals surface area contributed by atoms with Gasteiger partial charge in [0.25, 0.3) is 0 Å². The molecule has 0 aromatic carbocycles. The number of ether oxygens (including phenoxy) is 3. The second-order valence-electron chi connectivity index (χ2n) is 13.8. The molecule has 5 heteroatoms. The van der Waals surface area contributed by atoms with Crippen molar-refractivity contribution < 1.29 is 24.1 Å². The van der Waals surface area contributed by atoms with Gasteiger partial charge in [-0.2, -0.15) is 0 Å². The Morgan fingerprint density at radius 2 is 1.74 bits per heavy atom. The Kier molecular flexibility index (Phi) is 5.53. The summed E-state index contributed by atoms with van der Waals surface area (Å²) in [5.41, 5.74) is 0.664. The van der Waals surface area contributed by atoms with E-state index in [0.717, 1.165) is 37.5 Å². The normalized spacial score (nSPS) is 58.5. The number of aliphatic hydroxyl groups is 1. The average molecular weight is 475 g/mol.